The fraction of sp³-hybridized carbons (Fsp3) is 0.269. The zero-order valence-electron chi connectivity index (χ0n) is 18.5. The Morgan fingerprint density at radius 2 is 1.79 bits per heavy atom. The molecule has 1 aliphatic rings. The molecule has 1 fully saturated rings. The SMILES string of the molecule is Nc1ccc(-c2ccccc2)cc1CC(=O)c1cnc2c(cnn2CCN2CCOCC2)c1. The number of nitrogen functional groups attached to an aromatic ring is 1. The monoisotopic (exact) mass is 441 g/mol. The highest BCUT2D eigenvalue weighted by atomic mass is 16.5. The number of morpholine rings is 1. The average Bonchev–Trinajstić information content (AvgIpc) is 3.27. The van der Waals surface area contributed by atoms with E-state index in [-0.39, 0.29) is 12.2 Å². The molecular weight excluding hydrogens is 414 g/mol. The molecule has 0 atom stereocenters. The number of nitrogens with two attached hydrogens (primary N) is 1. The minimum absolute atomic E-state index is 0.0117. The fourth-order valence-corrected chi connectivity index (χ4v) is 4.19. The largest absolute Gasteiger partial charge is 0.398 e. The summed E-state index contributed by atoms with van der Waals surface area (Å²) in [4.78, 5) is 20.0. The Labute approximate surface area is 192 Å². The first kappa shape index (κ1) is 21.3. The second-order valence-corrected chi connectivity index (χ2v) is 8.34. The van der Waals surface area contributed by atoms with Crippen LogP contribution in [-0.2, 0) is 17.7 Å². The van der Waals surface area contributed by atoms with Gasteiger partial charge in [0.2, 0.25) is 0 Å². The van der Waals surface area contributed by atoms with Crippen molar-refractivity contribution < 1.29 is 9.53 Å². The van der Waals surface area contributed by atoms with E-state index in [2.05, 4.69) is 15.0 Å². The fourth-order valence-electron chi connectivity index (χ4n) is 4.19. The van der Waals surface area contributed by atoms with Crippen LogP contribution in [0.3, 0.4) is 0 Å². The van der Waals surface area contributed by atoms with E-state index in [4.69, 9.17) is 10.5 Å². The molecule has 0 saturated carbocycles. The molecule has 0 unspecified atom stereocenters. The number of hydrogen-bond donors (Lipinski definition) is 1. The summed E-state index contributed by atoms with van der Waals surface area (Å²) in [7, 11) is 0. The third kappa shape index (κ3) is 4.79. The van der Waals surface area contributed by atoms with Gasteiger partial charge in [-0.2, -0.15) is 5.10 Å². The van der Waals surface area contributed by atoms with E-state index in [1.54, 1.807) is 12.4 Å². The Morgan fingerprint density at radius 1 is 0.970 bits per heavy atom. The van der Waals surface area contributed by atoms with Gasteiger partial charge in [0.05, 0.1) is 26.0 Å². The van der Waals surface area contributed by atoms with Gasteiger partial charge in [-0.1, -0.05) is 36.4 Å². The van der Waals surface area contributed by atoms with E-state index < -0.39 is 0 Å². The van der Waals surface area contributed by atoms with Crippen molar-refractivity contribution in [2.45, 2.75) is 13.0 Å². The van der Waals surface area contributed by atoms with Gasteiger partial charge >= 0.3 is 0 Å². The number of benzene rings is 2. The van der Waals surface area contributed by atoms with Gasteiger partial charge in [0.1, 0.15) is 0 Å². The van der Waals surface area contributed by atoms with Crippen LogP contribution < -0.4 is 5.73 Å². The lowest BCUT2D eigenvalue weighted by Gasteiger charge is -2.26. The highest BCUT2D eigenvalue weighted by Gasteiger charge is 2.15. The first-order chi connectivity index (χ1) is 16.2. The molecule has 2 aromatic carbocycles. The smallest absolute Gasteiger partial charge is 0.168 e. The van der Waals surface area contributed by atoms with Crippen LogP contribution in [0, 0.1) is 0 Å². The number of carbonyl (C=O) groups is 1. The number of ether oxygens (including phenoxy) is 1. The van der Waals surface area contributed by atoms with Crippen molar-refractivity contribution in [2.75, 3.05) is 38.6 Å². The molecule has 3 heterocycles. The lowest BCUT2D eigenvalue weighted by Crippen LogP contribution is -2.38. The summed E-state index contributed by atoms with van der Waals surface area (Å²) in [5.74, 6) is -0.0117. The standard InChI is InChI=1S/C26H27N5O2/c27-24-7-6-20(19-4-2-1-3-5-19)14-21(24)16-25(32)22-15-23-18-29-31(26(23)28-17-22)9-8-30-10-12-33-13-11-30/h1-7,14-15,17-18H,8-13,16,27H2. The molecule has 0 amide bonds. The number of anilines is 1. The van der Waals surface area contributed by atoms with Crippen molar-refractivity contribution in [3.8, 4) is 11.1 Å². The van der Waals surface area contributed by atoms with Crippen molar-refractivity contribution >= 4 is 22.5 Å². The van der Waals surface area contributed by atoms with Crippen LogP contribution >= 0.6 is 0 Å². The van der Waals surface area contributed by atoms with Gasteiger partial charge in [-0.05, 0) is 34.9 Å². The van der Waals surface area contributed by atoms with Crippen molar-refractivity contribution in [3.05, 3.63) is 78.1 Å². The molecule has 2 N–H and O–H groups in total. The van der Waals surface area contributed by atoms with Crippen molar-refractivity contribution in [1.82, 2.24) is 19.7 Å². The molecule has 0 radical (unpaired) electrons. The number of Topliss-reactive ketones (excluding diaryl/α,β-unsaturated/α-hetero) is 1. The predicted octanol–water partition coefficient (Wildman–Crippen LogP) is 3.44. The Bertz CT molecular complexity index is 1260. The number of nitrogens with zero attached hydrogens (tertiary/aromatic N) is 4. The minimum Gasteiger partial charge on any atom is -0.398 e. The molecule has 7 heteroatoms. The zero-order valence-corrected chi connectivity index (χ0v) is 18.5. The Kier molecular flexibility index (Phi) is 6.15. The Morgan fingerprint density at radius 3 is 2.61 bits per heavy atom. The van der Waals surface area contributed by atoms with E-state index in [1.165, 1.54) is 0 Å². The van der Waals surface area contributed by atoms with E-state index in [1.807, 2.05) is 59.3 Å². The molecule has 1 aliphatic heterocycles. The number of rotatable bonds is 7. The van der Waals surface area contributed by atoms with Crippen molar-refractivity contribution in [1.29, 1.82) is 0 Å². The summed E-state index contributed by atoms with van der Waals surface area (Å²) in [6.45, 7) is 5.11. The van der Waals surface area contributed by atoms with Crippen LogP contribution in [0.15, 0.2) is 67.0 Å². The first-order valence-corrected chi connectivity index (χ1v) is 11.3. The van der Waals surface area contributed by atoms with Crippen LogP contribution in [-0.4, -0.2) is 58.3 Å². The first-order valence-electron chi connectivity index (χ1n) is 11.3. The number of aromatic nitrogens is 3. The molecule has 0 spiro atoms. The van der Waals surface area contributed by atoms with Gasteiger partial charge in [0.25, 0.3) is 0 Å². The van der Waals surface area contributed by atoms with E-state index in [0.29, 0.717) is 11.3 Å². The van der Waals surface area contributed by atoms with E-state index in [9.17, 15) is 4.79 Å². The second kappa shape index (κ2) is 9.52. The summed E-state index contributed by atoms with van der Waals surface area (Å²) in [6.07, 6.45) is 3.66. The van der Waals surface area contributed by atoms with Gasteiger partial charge in [-0.3, -0.25) is 9.69 Å². The third-order valence-corrected chi connectivity index (χ3v) is 6.13. The van der Waals surface area contributed by atoms with Crippen LogP contribution in [0.25, 0.3) is 22.2 Å². The van der Waals surface area contributed by atoms with Gasteiger partial charge in [0, 0.05) is 48.9 Å². The Hall–Kier alpha value is -3.55. The second-order valence-electron chi connectivity index (χ2n) is 8.34. The van der Waals surface area contributed by atoms with Crippen LogP contribution in [0.2, 0.25) is 0 Å². The maximum atomic E-state index is 13.1. The minimum atomic E-state index is -0.0117. The molecule has 0 aliphatic carbocycles. The van der Waals surface area contributed by atoms with Crippen molar-refractivity contribution in [2.24, 2.45) is 0 Å². The molecule has 0 bridgehead atoms. The molecule has 1 saturated heterocycles. The normalized spacial score (nSPS) is 14.5. The number of pyridine rings is 1. The van der Waals surface area contributed by atoms with Gasteiger partial charge in [-0.25, -0.2) is 9.67 Å². The topological polar surface area (TPSA) is 86.3 Å². The summed E-state index contributed by atoms with van der Waals surface area (Å²) in [6, 6.07) is 17.8. The number of hydrogen-bond acceptors (Lipinski definition) is 6. The molecule has 5 rings (SSSR count). The maximum absolute atomic E-state index is 13.1. The predicted molar refractivity (Wildman–Crippen MR) is 129 cm³/mol. The lowest BCUT2D eigenvalue weighted by molar-refractivity contribution is 0.0361. The molecule has 33 heavy (non-hydrogen) atoms. The van der Waals surface area contributed by atoms with Gasteiger partial charge in [0.15, 0.2) is 11.4 Å². The molecule has 2 aromatic heterocycles. The molecule has 7 nitrogen and oxygen atoms in total. The number of carbonyl (C=O) groups excluding carboxylic acids is 1. The van der Waals surface area contributed by atoms with E-state index in [0.717, 1.165) is 67.1 Å². The molecule has 168 valence electrons. The van der Waals surface area contributed by atoms with Crippen LogP contribution in [0.4, 0.5) is 5.69 Å². The number of fused-ring (bicyclic) bond motifs is 1. The summed E-state index contributed by atoms with van der Waals surface area (Å²) < 4.78 is 7.31. The molecular formula is C26H27N5O2. The van der Waals surface area contributed by atoms with Gasteiger partial charge in [-0.15, -0.1) is 0 Å². The lowest BCUT2D eigenvalue weighted by atomic mass is 9.97. The van der Waals surface area contributed by atoms with Crippen molar-refractivity contribution in [3.63, 3.8) is 0 Å². The summed E-state index contributed by atoms with van der Waals surface area (Å²) >= 11 is 0. The van der Waals surface area contributed by atoms with Gasteiger partial charge < -0.3 is 10.5 Å². The van der Waals surface area contributed by atoms with E-state index >= 15 is 0 Å². The third-order valence-electron chi connectivity index (χ3n) is 6.13. The highest BCUT2D eigenvalue weighted by Crippen LogP contribution is 2.25. The van der Waals surface area contributed by atoms with Crippen LogP contribution in [0.1, 0.15) is 15.9 Å². The summed E-state index contributed by atoms with van der Waals surface area (Å²) in [5.41, 5.74) is 11.1. The maximum Gasteiger partial charge on any atom is 0.168 e. The highest BCUT2D eigenvalue weighted by molar-refractivity contribution is 6.00. The van der Waals surface area contributed by atoms with Crippen LogP contribution in [0.5, 0.6) is 0 Å². The Balaban J connectivity index is 1.31. The zero-order chi connectivity index (χ0) is 22.6. The quantitative estimate of drug-likeness (QED) is 0.349. The number of ketones is 1. The average molecular weight is 442 g/mol. The summed E-state index contributed by atoms with van der Waals surface area (Å²) in [5, 5.41) is 5.36. The molecule has 4 aromatic rings.